The minimum Gasteiger partial charge on any atom is -0.236 e. The van der Waals surface area contributed by atoms with Gasteiger partial charge in [-0.25, -0.2) is 13.6 Å². The van der Waals surface area contributed by atoms with Crippen molar-refractivity contribution in [2.45, 2.75) is 0 Å². The third kappa shape index (κ3) is 2.41. The van der Waals surface area contributed by atoms with Crippen LogP contribution in [0.3, 0.4) is 0 Å². The van der Waals surface area contributed by atoms with Gasteiger partial charge in [0.25, 0.3) is 0 Å². The predicted octanol–water partition coefficient (Wildman–Crippen LogP) is 5.72. The zero-order valence-electron chi connectivity index (χ0n) is 12.4. The monoisotopic (exact) mass is 316 g/mol. The summed E-state index contributed by atoms with van der Waals surface area (Å²) in [6.45, 7) is 7.39. The van der Waals surface area contributed by atoms with Gasteiger partial charge in [0.05, 0.1) is 18.2 Å². The molecule has 0 saturated carbocycles. The van der Waals surface area contributed by atoms with Gasteiger partial charge in [-0.1, -0.05) is 60.7 Å². The molecule has 4 heteroatoms. The van der Waals surface area contributed by atoms with Gasteiger partial charge in [-0.05, 0) is 11.1 Å². The Balaban J connectivity index is 2.44. The molecule has 0 aliphatic carbocycles. The molecule has 0 aliphatic rings. The van der Waals surface area contributed by atoms with Crippen molar-refractivity contribution in [2.24, 2.45) is 0 Å². The van der Waals surface area contributed by atoms with Crippen LogP contribution in [0.1, 0.15) is 5.56 Å². The Hall–Kier alpha value is -3.50. The van der Waals surface area contributed by atoms with Crippen LogP contribution >= 0.6 is 0 Å². The lowest BCUT2D eigenvalue weighted by molar-refractivity contribution is 0.514. The second-order valence-corrected chi connectivity index (χ2v) is 5.06. The summed E-state index contributed by atoms with van der Waals surface area (Å²) in [5, 5.41) is 9.50. The second-order valence-electron chi connectivity index (χ2n) is 5.06. The zero-order valence-corrected chi connectivity index (χ0v) is 12.4. The average Bonchev–Trinajstić information content (AvgIpc) is 2.64. The van der Waals surface area contributed by atoms with Gasteiger partial charge in [-0.3, -0.25) is 0 Å². The minimum atomic E-state index is -1.12. The van der Waals surface area contributed by atoms with Gasteiger partial charge in [0.2, 0.25) is 5.69 Å². The lowest BCUT2D eigenvalue weighted by Gasteiger charge is -2.14. The van der Waals surface area contributed by atoms with E-state index in [1.54, 1.807) is 60.7 Å². The maximum absolute atomic E-state index is 14.8. The van der Waals surface area contributed by atoms with Gasteiger partial charge in [0.15, 0.2) is 11.6 Å². The van der Waals surface area contributed by atoms with E-state index in [0.29, 0.717) is 11.1 Å². The molecule has 0 radical (unpaired) electrons. The number of halogens is 2. The maximum atomic E-state index is 14.8. The molecule has 0 atom stereocenters. The van der Waals surface area contributed by atoms with Gasteiger partial charge in [0, 0.05) is 11.1 Å². The Kier molecular flexibility index (Phi) is 4.05. The van der Waals surface area contributed by atoms with Crippen LogP contribution in [-0.2, 0) is 0 Å². The Labute approximate surface area is 138 Å². The van der Waals surface area contributed by atoms with Crippen LogP contribution in [0.25, 0.3) is 27.1 Å². The van der Waals surface area contributed by atoms with Gasteiger partial charge >= 0.3 is 0 Å². The van der Waals surface area contributed by atoms with E-state index in [9.17, 15) is 14.0 Å². The molecule has 0 amide bonds. The van der Waals surface area contributed by atoms with Crippen molar-refractivity contribution in [2.75, 3.05) is 0 Å². The van der Waals surface area contributed by atoms with Crippen molar-refractivity contribution < 1.29 is 8.78 Å². The van der Waals surface area contributed by atoms with Crippen LogP contribution in [-0.4, -0.2) is 0 Å². The van der Waals surface area contributed by atoms with E-state index in [0.717, 1.165) is 0 Å². The molecule has 3 rings (SSSR count). The van der Waals surface area contributed by atoms with Crippen molar-refractivity contribution in [1.82, 2.24) is 0 Å². The van der Waals surface area contributed by atoms with Gasteiger partial charge < -0.3 is 0 Å². The molecule has 0 saturated heterocycles. The summed E-state index contributed by atoms with van der Waals surface area (Å²) in [6.07, 6.45) is 0. The summed E-state index contributed by atoms with van der Waals surface area (Å²) in [5.74, 6) is -2.24. The molecule has 0 aromatic heterocycles. The van der Waals surface area contributed by atoms with Crippen molar-refractivity contribution in [3.8, 4) is 28.3 Å². The van der Waals surface area contributed by atoms with E-state index in [-0.39, 0.29) is 22.4 Å². The number of benzene rings is 3. The first-order valence-corrected chi connectivity index (χ1v) is 7.12. The molecule has 0 N–H and O–H groups in total. The first-order valence-electron chi connectivity index (χ1n) is 7.12. The maximum Gasteiger partial charge on any atom is 0.216 e. The Morgan fingerprint density at radius 3 is 1.71 bits per heavy atom. The third-order valence-corrected chi connectivity index (χ3v) is 3.70. The Bertz CT molecular complexity index is 900. The zero-order chi connectivity index (χ0) is 17.1. The summed E-state index contributed by atoms with van der Waals surface area (Å²) in [7, 11) is 0. The summed E-state index contributed by atoms with van der Waals surface area (Å²) in [6, 6.07) is 18.3. The van der Waals surface area contributed by atoms with Gasteiger partial charge in [-0.2, -0.15) is 5.26 Å². The number of nitriles is 1. The van der Waals surface area contributed by atoms with Gasteiger partial charge in [0.1, 0.15) is 0 Å². The SMILES string of the molecule is [C-]#[N+]c1c(C#N)c(-c2ccccc2)c(F)c(F)c1-c1ccccc1. The first-order chi connectivity index (χ1) is 11.7. The lowest BCUT2D eigenvalue weighted by atomic mass is 9.92. The van der Waals surface area contributed by atoms with Crippen molar-refractivity contribution in [3.63, 3.8) is 0 Å². The highest BCUT2D eigenvalue weighted by Crippen LogP contribution is 2.43. The quantitative estimate of drug-likeness (QED) is 0.556. The molecule has 0 bridgehead atoms. The van der Waals surface area contributed by atoms with Crippen LogP contribution < -0.4 is 0 Å². The Morgan fingerprint density at radius 2 is 1.25 bits per heavy atom. The number of hydrogen-bond acceptors (Lipinski definition) is 1. The van der Waals surface area contributed by atoms with Crippen molar-refractivity contribution in [3.05, 3.63) is 89.3 Å². The van der Waals surface area contributed by atoms with Gasteiger partial charge in [-0.15, -0.1) is 0 Å². The van der Waals surface area contributed by atoms with Crippen LogP contribution in [0, 0.1) is 29.5 Å². The number of rotatable bonds is 2. The molecule has 0 fully saturated rings. The Morgan fingerprint density at radius 1 is 0.792 bits per heavy atom. The van der Waals surface area contributed by atoms with E-state index in [4.69, 9.17) is 6.57 Å². The van der Waals surface area contributed by atoms with Crippen LogP contribution in [0.15, 0.2) is 60.7 Å². The summed E-state index contributed by atoms with van der Waals surface area (Å²) >= 11 is 0. The predicted molar refractivity (Wildman–Crippen MR) is 88.2 cm³/mol. The van der Waals surface area contributed by atoms with E-state index in [2.05, 4.69) is 4.85 Å². The number of hydrogen-bond donors (Lipinski definition) is 0. The van der Waals surface area contributed by atoms with Crippen LogP contribution in [0.5, 0.6) is 0 Å². The highest BCUT2D eigenvalue weighted by Gasteiger charge is 2.26. The molecular weight excluding hydrogens is 306 g/mol. The second kappa shape index (κ2) is 6.32. The molecule has 0 aliphatic heterocycles. The first kappa shape index (κ1) is 15.4. The molecule has 24 heavy (non-hydrogen) atoms. The third-order valence-electron chi connectivity index (χ3n) is 3.70. The van der Waals surface area contributed by atoms with Crippen molar-refractivity contribution >= 4 is 5.69 Å². The summed E-state index contributed by atoms with van der Waals surface area (Å²) < 4.78 is 29.5. The van der Waals surface area contributed by atoms with Crippen molar-refractivity contribution in [1.29, 1.82) is 5.26 Å². The molecular formula is C20H10F2N2. The fourth-order valence-electron chi connectivity index (χ4n) is 2.64. The summed E-state index contributed by atoms with van der Waals surface area (Å²) in [4.78, 5) is 3.33. The fourth-order valence-corrected chi connectivity index (χ4v) is 2.64. The van der Waals surface area contributed by atoms with Crippen LogP contribution in [0.2, 0.25) is 0 Å². The topological polar surface area (TPSA) is 28.1 Å². The van der Waals surface area contributed by atoms with E-state index in [1.807, 2.05) is 6.07 Å². The summed E-state index contributed by atoms with van der Waals surface area (Å²) in [5.41, 5.74) is 0.0157. The molecule has 0 spiro atoms. The molecule has 0 heterocycles. The molecule has 2 nitrogen and oxygen atoms in total. The number of nitrogens with zero attached hydrogens (tertiary/aromatic N) is 2. The fraction of sp³-hybridized carbons (Fsp3) is 0. The molecule has 0 unspecified atom stereocenters. The lowest BCUT2D eigenvalue weighted by Crippen LogP contribution is -1.99. The molecule has 3 aromatic rings. The standard InChI is InChI=1S/C20H10F2N2/c1-24-20-15(12-23)16(13-8-4-2-5-9-13)18(21)19(22)17(20)14-10-6-3-7-11-14/h2-11H. The van der Waals surface area contributed by atoms with E-state index in [1.165, 1.54) is 0 Å². The minimum absolute atomic E-state index is 0.158. The average molecular weight is 316 g/mol. The van der Waals surface area contributed by atoms with E-state index < -0.39 is 11.6 Å². The smallest absolute Gasteiger partial charge is 0.216 e. The van der Waals surface area contributed by atoms with Crippen LogP contribution in [0.4, 0.5) is 14.5 Å². The highest BCUT2D eigenvalue weighted by molar-refractivity contribution is 5.90. The molecule has 3 aromatic carbocycles. The van der Waals surface area contributed by atoms with E-state index >= 15 is 0 Å². The molecule has 114 valence electrons. The normalized spacial score (nSPS) is 10.0. The highest BCUT2D eigenvalue weighted by atomic mass is 19.2. The largest absolute Gasteiger partial charge is 0.236 e.